The third kappa shape index (κ3) is 7.74. The summed E-state index contributed by atoms with van der Waals surface area (Å²) in [6.45, 7) is 2.00. The van der Waals surface area contributed by atoms with Gasteiger partial charge in [-0.3, -0.25) is 0 Å². The Kier molecular flexibility index (Phi) is 4.60. The number of hydrogen-bond donors (Lipinski definition) is 0. The molecule has 0 aromatic heterocycles. The lowest BCUT2D eigenvalue weighted by Crippen LogP contribution is -2.08. The lowest BCUT2D eigenvalue weighted by Gasteiger charge is -2.02. The first-order valence-corrected chi connectivity index (χ1v) is 5.60. The highest BCUT2D eigenvalue weighted by Gasteiger charge is 2.05. The maximum Gasteiger partial charge on any atom is 0.306 e. The topological polar surface area (TPSA) is 43.4 Å². The van der Waals surface area contributed by atoms with Crippen LogP contribution in [-0.4, -0.2) is 19.7 Å². The van der Waals surface area contributed by atoms with Gasteiger partial charge in [0, 0.05) is 6.42 Å². The first-order chi connectivity index (χ1) is 4.95. The van der Waals surface area contributed by atoms with E-state index in [9.17, 15) is 8.42 Å². The Bertz CT molecular complexity index is 218. The lowest BCUT2D eigenvalue weighted by molar-refractivity contribution is 0.486. The standard InChI is InChI=1S/C6H12O3S2/c1-3-4-5-6(10)9-11(2,7)8/h3-5H2,1-2H3. The van der Waals surface area contributed by atoms with E-state index in [1.54, 1.807) is 0 Å². The van der Waals surface area contributed by atoms with Crippen molar-refractivity contribution in [1.29, 1.82) is 0 Å². The van der Waals surface area contributed by atoms with Gasteiger partial charge >= 0.3 is 10.1 Å². The van der Waals surface area contributed by atoms with Crippen LogP contribution in [0.5, 0.6) is 0 Å². The zero-order valence-corrected chi connectivity index (χ0v) is 8.30. The summed E-state index contributed by atoms with van der Waals surface area (Å²) in [4.78, 5) is 0. The highest BCUT2D eigenvalue weighted by Crippen LogP contribution is 2.01. The van der Waals surface area contributed by atoms with E-state index in [2.05, 4.69) is 16.4 Å². The molecule has 0 unspecified atom stereocenters. The molecule has 0 aromatic carbocycles. The molecule has 0 atom stereocenters. The molecular weight excluding hydrogens is 184 g/mol. The molecule has 0 aromatic rings. The van der Waals surface area contributed by atoms with Gasteiger partial charge in [-0.05, 0) is 18.6 Å². The summed E-state index contributed by atoms with van der Waals surface area (Å²) in [6.07, 6.45) is 3.38. The summed E-state index contributed by atoms with van der Waals surface area (Å²) in [5, 5.41) is 0.161. The summed E-state index contributed by atoms with van der Waals surface area (Å²) in [5.74, 6) is 0. The minimum Gasteiger partial charge on any atom is -0.375 e. The largest absolute Gasteiger partial charge is 0.375 e. The molecule has 0 N–H and O–H groups in total. The molecule has 0 aliphatic rings. The molecule has 5 heteroatoms. The molecular formula is C6H12O3S2. The first kappa shape index (κ1) is 10.8. The minimum absolute atomic E-state index is 0.161. The van der Waals surface area contributed by atoms with Crippen LogP contribution in [0, 0.1) is 0 Å². The SMILES string of the molecule is CCCCC(=S)OS(C)(=O)=O. The van der Waals surface area contributed by atoms with Gasteiger partial charge in [0.15, 0.2) is 5.05 Å². The molecule has 11 heavy (non-hydrogen) atoms. The van der Waals surface area contributed by atoms with Gasteiger partial charge in [0.25, 0.3) is 0 Å². The van der Waals surface area contributed by atoms with E-state index in [0.717, 1.165) is 19.1 Å². The zero-order valence-electron chi connectivity index (χ0n) is 6.66. The minimum atomic E-state index is -3.39. The predicted octanol–water partition coefficient (Wildman–Crippen LogP) is 1.48. The second-order valence-corrected chi connectivity index (χ2v) is 4.29. The Morgan fingerprint density at radius 3 is 2.45 bits per heavy atom. The summed E-state index contributed by atoms with van der Waals surface area (Å²) in [6, 6.07) is 0. The number of hydrogen-bond acceptors (Lipinski definition) is 4. The average molecular weight is 196 g/mol. The van der Waals surface area contributed by atoms with Crippen molar-refractivity contribution in [3.8, 4) is 0 Å². The second kappa shape index (κ2) is 4.66. The molecule has 0 heterocycles. The summed E-state index contributed by atoms with van der Waals surface area (Å²) >= 11 is 4.67. The number of rotatable bonds is 4. The molecule has 0 radical (unpaired) electrons. The van der Waals surface area contributed by atoms with E-state index in [4.69, 9.17) is 0 Å². The monoisotopic (exact) mass is 196 g/mol. The average Bonchev–Trinajstić information content (AvgIpc) is 1.79. The molecule has 0 bridgehead atoms. The summed E-state index contributed by atoms with van der Waals surface area (Å²) in [5.41, 5.74) is 0. The van der Waals surface area contributed by atoms with Gasteiger partial charge in [-0.2, -0.15) is 8.42 Å². The Morgan fingerprint density at radius 1 is 1.55 bits per heavy atom. The predicted molar refractivity (Wildman–Crippen MR) is 48.1 cm³/mol. The Labute approximate surface area is 72.9 Å². The van der Waals surface area contributed by atoms with Crippen molar-refractivity contribution >= 4 is 27.4 Å². The molecule has 0 rings (SSSR count). The van der Waals surface area contributed by atoms with Crippen LogP contribution in [0.25, 0.3) is 0 Å². The van der Waals surface area contributed by atoms with Crippen LogP contribution >= 0.6 is 12.2 Å². The number of thiocarbonyl (C=S) groups is 1. The van der Waals surface area contributed by atoms with Crippen LogP contribution in [0.3, 0.4) is 0 Å². The van der Waals surface area contributed by atoms with E-state index in [-0.39, 0.29) is 5.05 Å². The van der Waals surface area contributed by atoms with Gasteiger partial charge in [0.2, 0.25) is 0 Å². The van der Waals surface area contributed by atoms with Gasteiger partial charge < -0.3 is 4.18 Å². The molecule has 0 saturated heterocycles. The van der Waals surface area contributed by atoms with E-state index < -0.39 is 10.1 Å². The number of unbranched alkanes of at least 4 members (excludes halogenated alkanes) is 1. The fraction of sp³-hybridized carbons (Fsp3) is 0.833. The van der Waals surface area contributed by atoms with Crippen LogP contribution in [0.1, 0.15) is 26.2 Å². The van der Waals surface area contributed by atoms with Crippen molar-refractivity contribution in [2.45, 2.75) is 26.2 Å². The van der Waals surface area contributed by atoms with Crippen molar-refractivity contribution < 1.29 is 12.6 Å². The van der Waals surface area contributed by atoms with Gasteiger partial charge in [-0.1, -0.05) is 13.3 Å². The Morgan fingerprint density at radius 2 is 2.09 bits per heavy atom. The van der Waals surface area contributed by atoms with Gasteiger partial charge in [-0.25, -0.2) is 0 Å². The van der Waals surface area contributed by atoms with Crippen molar-refractivity contribution in [3.63, 3.8) is 0 Å². The van der Waals surface area contributed by atoms with Crippen LogP contribution < -0.4 is 0 Å². The third-order valence-electron chi connectivity index (χ3n) is 0.979. The quantitative estimate of drug-likeness (QED) is 0.504. The van der Waals surface area contributed by atoms with Crippen molar-refractivity contribution in [1.82, 2.24) is 0 Å². The van der Waals surface area contributed by atoms with Gasteiger partial charge in [0.1, 0.15) is 0 Å². The van der Waals surface area contributed by atoms with Gasteiger partial charge in [-0.15, -0.1) is 0 Å². The van der Waals surface area contributed by atoms with Gasteiger partial charge in [0.05, 0.1) is 6.26 Å². The Balaban J connectivity index is 3.71. The maximum atomic E-state index is 10.5. The molecule has 66 valence electrons. The van der Waals surface area contributed by atoms with Crippen molar-refractivity contribution in [3.05, 3.63) is 0 Å². The normalized spacial score (nSPS) is 11.1. The lowest BCUT2D eigenvalue weighted by atomic mass is 10.3. The van der Waals surface area contributed by atoms with E-state index in [1.807, 2.05) is 6.92 Å². The van der Waals surface area contributed by atoms with E-state index in [0.29, 0.717) is 6.42 Å². The molecule has 3 nitrogen and oxygen atoms in total. The van der Waals surface area contributed by atoms with Crippen LogP contribution in [0.15, 0.2) is 0 Å². The van der Waals surface area contributed by atoms with E-state index >= 15 is 0 Å². The summed E-state index contributed by atoms with van der Waals surface area (Å²) < 4.78 is 25.4. The van der Waals surface area contributed by atoms with Crippen molar-refractivity contribution in [2.24, 2.45) is 0 Å². The highest BCUT2D eigenvalue weighted by atomic mass is 32.2. The maximum absolute atomic E-state index is 10.5. The highest BCUT2D eigenvalue weighted by molar-refractivity contribution is 7.88. The van der Waals surface area contributed by atoms with Crippen LogP contribution in [0.2, 0.25) is 0 Å². The molecule has 0 amide bonds. The van der Waals surface area contributed by atoms with Crippen LogP contribution in [-0.2, 0) is 14.3 Å². The van der Waals surface area contributed by atoms with E-state index in [1.165, 1.54) is 0 Å². The smallest absolute Gasteiger partial charge is 0.306 e. The molecule has 0 aliphatic heterocycles. The van der Waals surface area contributed by atoms with Crippen molar-refractivity contribution in [2.75, 3.05) is 6.26 Å². The fourth-order valence-electron chi connectivity index (χ4n) is 0.532. The fourth-order valence-corrected chi connectivity index (χ4v) is 1.47. The van der Waals surface area contributed by atoms with Crippen LogP contribution in [0.4, 0.5) is 0 Å². The molecule has 0 fully saturated rings. The first-order valence-electron chi connectivity index (χ1n) is 3.38. The molecule has 0 aliphatic carbocycles. The third-order valence-corrected chi connectivity index (χ3v) is 1.88. The molecule has 0 saturated carbocycles. The summed E-state index contributed by atoms with van der Waals surface area (Å²) in [7, 11) is -3.39. The molecule has 0 spiro atoms. The second-order valence-electron chi connectivity index (χ2n) is 2.26. The zero-order chi connectivity index (χ0) is 8.91. The Hall–Kier alpha value is -0.160.